The molecule has 0 amide bonds. The molecule has 1 fully saturated rings. The summed E-state index contributed by atoms with van der Waals surface area (Å²) in [6.07, 6.45) is -1.36. The average molecular weight is 333 g/mol. The van der Waals surface area contributed by atoms with Crippen molar-refractivity contribution < 1.29 is 18.6 Å². The lowest BCUT2D eigenvalue weighted by atomic mass is 10.0. The molecule has 128 valence electrons. The molecule has 24 heavy (non-hydrogen) atoms. The first kappa shape index (κ1) is 17.0. The zero-order chi connectivity index (χ0) is 17.1. The van der Waals surface area contributed by atoms with Crippen molar-refractivity contribution in [3.63, 3.8) is 0 Å². The predicted molar refractivity (Wildman–Crippen MR) is 87.5 cm³/mol. The molecule has 2 aromatic rings. The van der Waals surface area contributed by atoms with Crippen LogP contribution in [-0.4, -0.2) is 35.7 Å². The van der Waals surface area contributed by atoms with Crippen molar-refractivity contribution in [2.24, 2.45) is 0 Å². The maximum absolute atomic E-state index is 13.8. The van der Waals surface area contributed by atoms with Crippen molar-refractivity contribution in [2.45, 2.75) is 25.2 Å². The number of aliphatic hydroxyl groups is 1. The van der Waals surface area contributed by atoms with Crippen LogP contribution in [0.4, 0.5) is 8.78 Å². The maximum atomic E-state index is 13.8. The first-order chi connectivity index (χ1) is 11.5. The molecule has 5 heteroatoms. The van der Waals surface area contributed by atoms with Gasteiger partial charge in [0.1, 0.15) is 11.6 Å². The average Bonchev–Trinajstić information content (AvgIpc) is 2.55. The minimum absolute atomic E-state index is 0.0263. The lowest BCUT2D eigenvalue weighted by Crippen LogP contribution is -2.44. The van der Waals surface area contributed by atoms with Crippen LogP contribution < -0.4 is 0 Å². The van der Waals surface area contributed by atoms with Gasteiger partial charge in [-0.3, -0.25) is 4.90 Å². The maximum Gasteiger partial charge on any atom is 0.131 e. The summed E-state index contributed by atoms with van der Waals surface area (Å²) in [5.74, 6) is -1.44. The van der Waals surface area contributed by atoms with E-state index in [9.17, 15) is 13.9 Å². The summed E-state index contributed by atoms with van der Waals surface area (Å²) in [4.78, 5) is 1.99. The normalized spacial score (nSPS) is 23.2. The molecule has 0 aromatic heterocycles. The van der Waals surface area contributed by atoms with Crippen LogP contribution in [0.1, 0.15) is 30.3 Å². The molecule has 0 aliphatic carbocycles. The Labute approximate surface area is 140 Å². The van der Waals surface area contributed by atoms with E-state index in [0.717, 1.165) is 17.7 Å². The molecule has 1 aliphatic heterocycles. The minimum atomic E-state index is -1.21. The Morgan fingerprint density at radius 1 is 1.08 bits per heavy atom. The largest absolute Gasteiger partial charge is 0.387 e. The van der Waals surface area contributed by atoms with Crippen molar-refractivity contribution in [3.05, 3.63) is 71.3 Å². The highest BCUT2D eigenvalue weighted by molar-refractivity contribution is 5.23. The lowest BCUT2D eigenvalue weighted by molar-refractivity contribution is -0.0872. The van der Waals surface area contributed by atoms with Gasteiger partial charge < -0.3 is 9.84 Å². The summed E-state index contributed by atoms with van der Waals surface area (Å²) >= 11 is 0. The molecule has 0 spiro atoms. The van der Waals surface area contributed by atoms with E-state index in [1.54, 1.807) is 0 Å². The Morgan fingerprint density at radius 2 is 1.75 bits per heavy atom. The number of aliphatic hydroxyl groups excluding tert-OH is 1. The second kappa shape index (κ2) is 7.38. The minimum Gasteiger partial charge on any atom is -0.387 e. The molecule has 1 N–H and O–H groups in total. The Balaban J connectivity index is 1.72. The van der Waals surface area contributed by atoms with Gasteiger partial charge >= 0.3 is 0 Å². The van der Waals surface area contributed by atoms with E-state index in [1.165, 1.54) is 6.07 Å². The van der Waals surface area contributed by atoms with Crippen molar-refractivity contribution in [1.82, 2.24) is 4.90 Å². The topological polar surface area (TPSA) is 32.7 Å². The van der Waals surface area contributed by atoms with Gasteiger partial charge in [0.2, 0.25) is 0 Å². The lowest BCUT2D eigenvalue weighted by Gasteiger charge is -2.38. The number of nitrogens with zero attached hydrogens (tertiary/aromatic N) is 1. The molecule has 1 heterocycles. The van der Waals surface area contributed by atoms with Crippen LogP contribution in [0.25, 0.3) is 0 Å². The number of morpholine rings is 1. The highest BCUT2D eigenvalue weighted by Crippen LogP contribution is 2.28. The van der Waals surface area contributed by atoms with Crippen molar-refractivity contribution in [2.75, 3.05) is 19.6 Å². The SMILES string of the molecule is CC1CN(CC(O)c2c(F)cccc2F)CC(c2ccccc2)O1. The third-order valence-corrected chi connectivity index (χ3v) is 4.27. The molecule has 3 unspecified atom stereocenters. The number of halogens is 2. The van der Waals surface area contributed by atoms with Gasteiger partial charge in [0, 0.05) is 19.6 Å². The zero-order valence-corrected chi connectivity index (χ0v) is 13.5. The summed E-state index contributed by atoms with van der Waals surface area (Å²) in [5.41, 5.74) is 0.786. The number of benzene rings is 2. The molecule has 2 aromatic carbocycles. The standard InChI is InChI=1S/C19H21F2NO2/c1-13-10-22(12-18(24-13)14-6-3-2-4-7-14)11-17(23)19-15(20)8-5-9-16(19)21/h2-9,13,17-18,23H,10-12H2,1H3. The second-order valence-electron chi connectivity index (χ2n) is 6.22. The van der Waals surface area contributed by atoms with Crippen LogP contribution in [-0.2, 0) is 4.74 Å². The summed E-state index contributed by atoms with van der Waals surface area (Å²) in [6.45, 7) is 3.30. The van der Waals surface area contributed by atoms with E-state index in [4.69, 9.17) is 4.74 Å². The fraction of sp³-hybridized carbons (Fsp3) is 0.368. The van der Waals surface area contributed by atoms with Gasteiger partial charge in [0.05, 0.1) is 23.9 Å². The molecule has 1 aliphatic rings. The van der Waals surface area contributed by atoms with Crippen molar-refractivity contribution >= 4 is 0 Å². The summed E-state index contributed by atoms with van der Waals surface area (Å²) in [6, 6.07) is 13.5. The molecular weight excluding hydrogens is 312 g/mol. The van der Waals surface area contributed by atoms with Crippen LogP contribution in [0.2, 0.25) is 0 Å². The zero-order valence-electron chi connectivity index (χ0n) is 13.5. The number of β-amino-alcohol motifs (C(OH)–C–C–N with tert-alkyl or cyclic N) is 1. The van der Waals surface area contributed by atoms with Gasteiger partial charge in [0.25, 0.3) is 0 Å². The number of rotatable bonds is 4. The summed E-state index contributed by atoms with van der Waals surface area (Å²) in [5, 5.41) is 10.3. The smallest absolute Gasteiger partial charge is 0.131 e. The van der Waals surface area contributed by atoms with Crippen LogP contribution in [0.3, 0.4) is 0 Å². The van der Waals surface area contributed by atoms with E-state index >= 15 is 0 Å². The van der Waals surface area contributed by atoms with E-state index in [2.05, 4.69) is 0 Å². The first-order valence-electron chi connectivity index (χ1n) is 8.09. The van der Waals surface area contributed by atoms with Crippen LogP contribution in [0.5, 0.6) is 0 Å². The molecule has 0 saturated carbocycles. The molecule has 3 rings (SSSR count). The third-order valence-electron chi connectivity index (χ3n) is 4.27. The summed E-state index contributed by atoms with van der Waals surface area (Å²) in [7, 11) is 0. The fourth-order valence-corrected chi connectivity index (χ4v) is 3.20. The monoisotopic (exact) mass is 333 g/mol. The molecule has 3 atom stereocenters. The van der Waals surface area contributed by atoms with Gasteiger partial charge in [-0.1, -0.05) is 36.4 Å². The van der Waals surface area contributed by atoms with Gasteiger partial charge in [-0.15, -0.1) is 0 Å². The Kier molecular flexibility index (Phi) is 5.23. The van der Waals surface area contributed by atoms with Gasteiger partial charge in [0.15, 0.2) is 0 Å². The second-order valence-corrected chi connectivity index (χ2v) is 6.22. The number of hydrogen-bond donors (Lipinski definition) is 1. The van der Waals surface area contributed by atoms with Crippen molar-refractivity contribution in [3.8, 4) is 0 Å². The predicted octanol–water partition coefficient (Wildman–Crippen LogP) is 3.46. The summed E-state index contributed by atoms with van der Waals surface area (Å²) < 4.78 is 33.6. The quantitative estimate of drug-likeness (QED) is 0.930. The van der Waals surface area contributed by atoms with Gasteiger partial charge in [-0.25, -0.2) is 8.78 Å². The Morgan fingerprint density at radius 3 is 2.42 bits per heavy atom. The third kappa shape index (κ3) is 3.80. The number of ether oxygens (including phenoxy) is 1. The first-order valence-corrected chi connectivity index (χ1v) is 8.09. The molecule has 0 bridgehead atoms. The Bertz CT molecular complexity index is 660. The van der Waals surface area contributed by atoms with Crippen LogP contribution >= 0.6 is 0 Å². The van der Waals surface area contributed by atoms with Gasteiger partial charge in [-0.05, 0) is 24.6 Å². The highest BCUT2D eigenvalue weighted by Gasteiger charge is 2.29. The Hall–Kier alpha value is -1.82. The fourth-order valence-electron chi connectivity index (χ4n) is 3.20. The van der Waals surface area contributed by atoms with E-state index in [1.807, 2.05) is 42.2 Å². The molecular formula is C19H21F2NO2. The molecule has 0 radical (unpaired) electrons. The van der Waals surface area contributed by atoms with E-state index in [0.29, 0.717) is 13.1 Å². The van der Waals surface area contributed by atoms with Crippen LogP contribution in [0.15, 0.2) is 48.5 Å². The number of hydrogen-bond acceptors (Lipinski definition) is 3. The van der Waals surface area contributed by atoms with Gasteiger partial charge in [-0.2, -0.15) is 0 Å². The van der Waals surface area contributed by atoms with E-state index in [-0.39, 0.29) is 24.3 Å². The van der Waals surface area contributed by atoms with Crippen molar-refractivity contribution in [1.29, 1.82) is 0 Å². The molecule has 3 nitrogen and oxygen atoms in total. The van der Waals surface area contributed by atoms with E-state index < -0.39 is 17.7 Å². The molecule has 1 saturated heterocycles. The van der Waals surface area contributed by atoms with Crippen LogP contribution in [0, 0.1) is 11.6 Å². The highest BCUT2D eigenvalue weighted by atomic mass is 19.1.